The standard InChI is InChI=1S/C13H15NO4/c1-7-10(11(13(16)17)12(15)14-7)8-3-5-9(18-2)6-4-8/h3-7,10-11H,1-2H3,(H,14,15)(H,16,17). The number of aliphatic carboxylic acids is 1. The van der Waals surface area contributed by atoms with E-state index in [0.717, 1.165) is 5.56 Å². The average molecular weight is 249 g/mol. The van der Waals surface area contributed by atoms with Gasteiger partial charge in [0.15, 0.2) is 0 Å². The van der Waals surface area contributed by atoms with E-state index in [1.54, 1.807) is 31.4 Å². The van der Waals surface area contributed by atoms with Crippen molar-refractivity contribution in [1.82, 2.24) is 5.32 Å². The van der Waals surface area contributed by atoms with Gasteiger partial charge in [-0.05, 0) is 24.6 Å². The largest absolute Gasteiger partial charge is 0.497 e. The Morgan fingerprint density at radius 2 is 1.94 bits per heavy atom. The normalized spacial score (nSPS) is 26.8. The molecule has 0 spiro atoms. The zero-order valence-corrected chi connectivity index (χ0v) is 10.2. The van der Waals surface area contributed by atoms with Crippen molar-refractivity contribution in [3.63, 3.8) is 0 Å². The van der Waals surface area contributed by atoms with E-state index in [4.69, 9.17) is 9.84 Å². The van der Waals surface area contributed by atoms with Gasteiger partial charge in [-0.1, -0.05) is 12.1 Å². The van der Waals surface area contributed by atoms with Crippen molar-refractivity contribution in [2.45, 2.75) is 18.9 Å². The number of hydrogen-bond acceptors (Lipinski definition) is 3. The number of carboxylic acid groups (broad SMARTS) is 1. The van der Waals surface area contributed by atoms with E-state index in [2.05, 4.69) is 5.32 Å². The Kier molecular flexibility index (Phi) is 3.23. The molecule has 1 saturated heterocycles. The second-order valence-corrected chi connectivity index (χ2v) is 4.41. The van der Waals surface area contributed by atoms with Gasteiger partial charge in [-0.25, -0.2) is 0 Å². The van der Waals surface area contributed by atoms with Gasteiger partial charge in [0.25, 0.3) is 0 Å². The summed E-state index contributed by atoms with van der Waals surface area (Å²) in [5.74, 6) is -2.17. The van der Waals surface area contributed by atoms with E-state index in [1.165, 1.54) is 0 Å². The van der Waals surface area contributed by atoms with Gasteiger partial charge < -0.3 is 15.2 Å². The fourth-order valence-electron chi connectivity index (χ4n) is 2.43. The smallest absolute Gasteiger partial charge is 0.316 e. The second-order valence-electron chi connectivity index (χ2n) is 4.41. The molecule has 3 atom stereocenters. The van der Waals surface area contributed by atoms with Crippen molar-refractivity contribution in [2.24, 2.45) is 5.92 Å². The molecule has 0 bridgehead atoms. The van der Waals surface area contributed by atoms with Crippen LogP contribution in [0, 0.1) is 5.92 Å². The van der Waals surface area contributed by atoms with Crippen LogP contribution in [0.3, 0.4) is 0 Å². The van der Waals surface area contributed by atoms with E-state index >= 15 is 0 Å². The van der Waals surface area contributed by atoms with Gasteiger partial charge >= 0.3 is 5.97 Å². The maximum Gasteiger partial charge on any atom is 0.316 e. The van der Waals surface area contributed by atoms with Crippen LogP contribution < -0.4 is 10.1 Å². The van der Waals surface area contributed by atoms with Crippen LogP contribution in [0.2, 0.25) is 0 Å². The molecule has 0 radical (unpaired) electrons. The number of rotatable bonds is 3. The van der Waals surface area contributed by atoms with Crippen LogP contribution in [-0.4, -0.2) is 30.1 Å². The van der Waals surface area contributed by atoms with Crippen molar-refractivity contribution >= 4 is 11.9 Å². The molecule has 2 rings (SSSR count). The Hall–Kier alpha value is -2.04. The third-order valence-corrected chi connectivity index (χ3v) is 3.32. The molecule has 3 unspecified atom stereocenters. The topological polar surface area (TPSA) is 75.6 Å². The molecule has 0 saturated carbocycles. The molecule has 1 aromatic rings. The summed E-state index contributed by atoms with van der Waals surface area (Å²) in [4.78, 5) is 22.8. The molecule has 1 aliphatic rings. The second kappa shape index (κ2) is 4.68. The number of carboxylic acids is 1. The Morgan fingerprint density at radius 1 is 1.33 bits per heavy atom. The fourth-order valence-corrected chi connectivity index (χ4v) is 2.43. The van der Waals surface area contributed by atoms with E-state index in [9.17, 15) is 9.59 Å². The molecular weight excluding hydrogens is 234 g/mol. The molecule has 96 valence electrons. The highest BCUT2D eigenvalue weighted by Crippen LogP contribution is 2.34. The first kappa shape index (κ1) is 12.4. The van der Waals surface area contributed by atoms with E-state index in [0.29, 0.717) is 5.75 Å². The lowest BCUT2D eigenvalue weighted by atomic mass is 9.84. The summed E-state index contributed by atoms with van der Waals surface area (Å²) in [6, 6.07) is 6.95. The summed E-state index contributed by atoms with van der Waals surface area (Å²) in [5, 5.41) is 11.8. The first-order chi connectivity index (χ1) is 8.54. The van der Waals surface area contributed by atoms with Crippen LogP contribution in [0.4, 0.5) is 0 Å². The van der Waals surface area contributed by atoms with E-state index in [-0.39, 0.29) is 12.0 Å². The highest BCUT2D eigenvalue weighted by Gasteiger charge is 2.45. The Bertz CT molecular complexity index is 468. The SMILES string of the molecule is COc1ccc(C2C(C)NC(=O)C2C(=O)O)cc1. The van der Waals surface area contributed by atoms with Gasteiger partial charge in [0, 0.05) is 12.0 Å². The molecule has 18 heavy (non-hydrogen) atoms. The molecular formula is C13H15NO4. The van der Waals surface area contributed by atoms with Crippen molar-refractivity contribution in [3.05, 3.63) is 29.8 Å². The molecule has 2 N–H and O–H groups in total. The summed E-state index contributed by atoms with van der Waals surface area (Å²) in [6.45, 7) is 1.82. The zero-order valence-electron chi connectivity index (χ0n) is 10.2. The van der Waals surface area contributed by atoms with Gasteiger partial charge in [0.1, 0.15) is 11.7 Å². The van der Waals surface area contributed by atoms with Gasteiger partial charge in [-0.15, -0.1) is 0 Å². The number of carbonyl (C=O) groups is 2. The first-order valence-corrected chi connectivity index (χ1v) is 5.71. The minimum absolute atomic E-state index is 0.188. The Labute approximate surface area is 105 Å². The highest BCUT2D eigenvalue weighted by atomic mass is 16.5. The maximum absolute atomic E-state index is 11.6. The summed E-state index contributed by atoms with van der Waals surface area (Å²) in [7, 11) is 1.57. The summed E-state index contributed by atoms with van der Waals surface area (Å²) in [5.41, 5.74) is 0.828. The van der Waals surface area contributed by atoms with Crippen LogP contribution in [0.5, 0.6) is 5.75 Å². The van der Waals surface area contributed by atoms with E-state index in [1.807, 2.05) is 6.92 Å². The number of methoxy groups -OCH3 is 1. The molecule has 1 aliphatic heterocycles. The van der Waals surface area contributed by atoms with Gasteiger partial charge in [0.2, 0.25) is 5.91 Å². The Balaban J connectivity index is 2.34. The monoisotopic (exact) mass is 249 g/mol. The number of ether oxygens (including phenoxy) is 1. The molecule has 5 nitrogen and oxygen atoms in total. The van der Waals surface area contributed by atoms with Crippen molar-refractivity contribution in [1.29, 1.82) is 0 Å². The molecule has 1 aromatic carbocycles. The Morgan fingerprint density at radius 3 is 2.44 bits per heavy atom. The molecule has 5 heteroatoms. The van der Waals surface area contributed by atoms with Crippen molar-refractivity contribution in [3.8, 4) is 5.75 Å². The van der Waals surface area contributed by atoms with Crippen LogP contribution in [0.25, 0.3) is 0 Å². The quantitative estimate of drug-likeness (QED) is 0.783. The first-order valence-electron chi connectivity index (χ1n) is 5.71. The lowest BCUT2D eigenvalue weighted by molar-refractivity contribution is -0.145. The van der Waals surface area contributed by atoms with Gasteiger partial charge in [0.05, 0.1) is 7.11 Å². The van der Waals surface area contributed by atoms with Gasteiger partial charge in [-0.3, -0.25) is 9.59 Å². The van der Waals surface area contributed by atoms with Crippen molar-refractivity contribution in [2.75, 3.05) is 7.11 Å². The fraction of sp³-hybridized carbons (Fsp3) is 0.385. The molecule has 1 amide bonds. The summed E-state index contributed by atoms with van der Waals surface area (Å²) >= 11 is 0. The van der Waals surface area contributed by atoms with Crippen LogP contribution in [-0.2, 0) is 9.59 Å². The number of hydrogen-bond donors (Lipinski definition) is 2. The highest BCUT2D eigenvalue weighted by molar-refractivity contribution is 6.00. The maximum atomic E-state index is 11.6. The van der Waals surface area contributed by atoms with Crippen molar-refractivity contribution < 1.29 is 19.4 Å². The van der Waals surface area contributed by atoms with Gasteiger partial charge in [-0.2, -0.15) is 0 Å². The number of amides is 1. The average Bonchev–Trinajstić information content (AvgIpc) is 2.64. The number of benzene rings is 1. The lowest BCUT2D eigenvalue weighted by Crippen LogP contribution is -2.26. The molecule has 1 fully saturated rings. The van der Waals surface area contributed by atoms with Crippen LogP contribution in [0.1, 0.15) is 18.4 Å². The molecule has 0 aliphatic carbocycles. The minimum Gasteiger partial charge on any atom is -0.497 e. The zero-order chi connectivity index (χ0) is 13.3. The third kappa shape index (κ3) is 2.03. The predicted molar refractivity (Wildman–Crippen MR) is 64.5 cm³/mol. The molecule has 0 aromatic heterocycles. The predicted octanol–water partition coefficient (Wildman–Crippen LogP) is 0.998. The number of carbonyl (C=O) groups excluding carboxylic acids is 1. The summed E-state index contributed by atoms with van der Waals surface area (Å²) < 4.78 is 5.06. The number of nitrogens with one attached hydrogen (secondary N) is 1. The lowest BCUT2D eigenvalue weighted by Gasteiger charge is -2.18. The van der Waals surface area contributed by atoms with Crippen LogP contribution >= 0.6 is 0 Å². The van der Waals surface area contributed by atoms with E-state index < -0.39 is 17.8 Å². The minimum atomic E-state index is -1.09. The summed E-state index contributed by atoms with van der Waals surface area (Å²) in [6.07, 6.45) is 0. The van der Waals surface area contributed by atoms with Crippen LogP contribution in [0.15, 0.2) is 24.3 Å². The third-order valence-electron chi connectivity index (χ3n) is 3.32. The molecule has 1 heterocycles.